The first-order valence-corrected chi connectivity index (χ1v) is 7.17. The summed E-state index contributed by atoms with van der Waals surface area (Å²) in [4.78, 5) is 10.8. The summed E-state index contributed by atoms with van der Waals surface area (Å²) in [6.07, 6.45) is 0. The molecule has 4 N–H and O–H groups in total. The molecule has 0 unspecified atom stereocenters. The lowest BCUT2D eigenvalue weighted by Gasteiger charge is -2.14. The highest BCUT2D eigenvalue weighted by atomic mass is 35.5. The predicted molar refractivity (Wildman–Crippen MR) is 92.6 cm³/mol. The molecular formula is C15H14ClN3O2S. The zero-order valence-electron chi connectivity index (χ0n) is 11.7. The Kier molecular flexibility index (Phi) is 5.19. The summed E-state index contributed by atoms with van der Waals surface area (Å²) in [5.74, 6) is -0.965. The van der Waals surface area contributed by atoms with Crippen LogP contribution in [0.1, 0.15) is 15.9 Å². The number of thiocarbonyl (C=S) groups is 1. The van der Waals surface area contributed by atoms with Gasteiger partial charge in [-0.2, -0.15) is 0 Å². The molecule has 7 heteroatoms. The van der Waals surface area contributed by atoms with Crippen molar-refractivity contribution in [3.8, 4) is 0 Å². The predicted octanol–water partition coefficient (Wildman–Crippen LogP) is 3.66. The molecule has 2 aromatic carbocycles. The Balaban J connectivity index is 1.92. The van der Waals surface area contributed by atoms with Gasteiger partial charge in [0.2, 0.25) is 0 Å². The number of hydrogen-bond donors (Lipinski definition) is 4. The standard InChI is InChI=1S/C15H14ClN3O2S/c1-9-12(16)3-2-4-13(9)17-15(22)19-18-11-7-5-10(6-8-11)14(20)21/h2-8,18H,1H3,(H,20,21)(H2,17,19,22). The molecule has 2 rings (SSSR count). The molecule has 0 bridgehead atoms. The molecule has 0 aromatic heterocycles. The highest BCUT2D eigenvalue weighted by Gasteiger charge is 2.04. The number of aromatic carboxylic acids is 1. The van der Waals surface area contributed by atoms with Crippen LogP contribution in [0.3, 0.4) is 0 Å². The van der Waals surface area contributed by atoms with E-state index in [1.807, 2.05) is 19.1 Å². The van der Waals surface area contributed by atoms with Crippen LogP contribution in [0.2, 0.25) is 5.02 Å². The molecule has 0 fully saturated rings. The van der Waals surface area contributed by atoms with Crippen molar-refractivity contribution in [2.24, 2.45) is 0 Å². The maximum Gasteiger partial charge on any atom is 0.335 e. The summed E-state index contributed by atoms with van der Waals surface area (Å²) in [7, 11) is 0. The summed E-state index contributed by atoms with van der Waals surface area (Å²) in [6, 6.07) is 11.8. The second-order valence-electron chi connectivity index (χ2n) is 4.50. The van der Waals surface area contributed by atoms with Crippen LogP contribution in [-0.4, -0.2) is 16.2 Å². The van der Waals surface area contributed by atoms with E-state index >= 15 is 0 Å². The third-order valence-electron chi connectivity index (χ3n) is 2.97. The summed E-state index contributed by atoms with van der Waals surface area (Å²) in [5.41, 5.74) is 8.34. The van der Waals surface area contributed by atoms with Gasteiger partial charge in [-0.3, -0.25) is 10.9 Å². The number of carboxylic acids is 1. The van der Waals surface area contributed by atoms with Crippen LogP contribution in [0.15, 0.2) is 42.5 Å². The van der Waals surface area contributed by atoms with E-state index in [2.05, 4.69) is 16.2 Å². The number of nitrogens with one attached hydrogen (secondary N) is 3. The maximum absolute atomic E-state index is 10.8. The van der Waals surface area contributed by atoms with Gasteiger partial charge in [-0.15, -0.1) is 0 Å². The minimum atomic E-state index is -0.965. The van der Waals surface area contributed by atoms with Crippen molar-refractivity contribution >= 4 is 46.3 Å². The van der Waals surface area contributed by atoms with Crippen molar-refractivity contribution in [3.63, 3.8) is 0 Å². The van der Waals surface area contributed by atoms with Gasteiger partial charge in [-0.1, -0.05) is 17.7 Å². The van der Waals surface area contributed by atoms with E-state index in [1.165, 1.54) is 12.1 Å². The summed E-state index contributed by atoms with van der Waals surface area (Å²) in [6.45, 7) is 1.89. The van der Waals surface area contributed by atoms with E-state index < -0.39 is 5.97 Å². The van der Waals surface area contributed by atoms with Crippen molar-refractivity contribution in [2.45, 2.75) is 6.92 Å². The fourth-order valence-electron chi connectivity index (χ4n) is 1.72. The van der Waals surface area contributed by atoms with Crippen LogP contribution in [0.25, 0.3) is 0 Å². The summed E-state index contributed by atoms with van der Waals surface area (Å²) in [5, 5.41) is 12.9. The van der Waals surface area contributed by atoms with Gasteiger partial charge in [-0.25, -0.2) is 4.79 Å². The van der Waals surface area contributed by atoms with Crippen molar-refractivity contribution in [1.82, 2.24) is 5.43 Å². The minimum Gasteiger partial charge on any atom is -0.478 e. The number of benzene rings is 2. The van der Waals surface area contributed by atoms with Gasteiger partial charge in [0.25, 0.3) is 0 Å². The van der Waals surface area contributed by atoms with Gasteiger partial charge in [0.05, 0.1) is 11.3 Å². The molecule has 0 atom stereocenters. The monoisotopic (exact) mass is 335 g/mol. The van der Waals surface area contributed by atoms with Crippen LogP contribution in [0.4, 0.5) is 11.4 Å². The van der Waals surface area contributed by atoms with Crippen LogP contribution >= 0.6 is 23.8 Å². The Morgan fingerprint density at radius 1 is 1.18 bits per heavy atom. The molecule has 0 saturated heterocycles. The molecule has 0 aliphatic heterocycles. The number of anilines is 2. The smallest absolute Gasteiger partial charge is 0.335 e. The van der Waals surface area contributed by atoms with Crippen LogP contribution in [0.5, 0.6) is 0 Å². The number of halogens is 1. The molecule has 0 heterocycles. The van der Waals surface area contributed by atoms with Gasteiger partial charge >= 0.3 is 5.97 Å². The number of rotatable bonds is 4. The Morgan fingerprint density at radius 2 is 1.86 bits per heavy atom. The Hall–Kier alpha value is -2.31. The van der Waals surface area contributed by atoms with E-state index in [9.17, 15) is 4.79 Å². The van der Waals surface area contributed by atoms with E-state index in [0.717, 1.165) is 11.3 Å². The zero-order valence-corrected chi connectivity index (χ0v) is 13.3. The van der Waals surface area contributed by atoms with Crippen LogP contribution in [-0.2, 0) is 0 Å². The molecule has 114 valence electrons. The van der Waals surface area contributed by atoms with Gasteiger partial charge in [0.15, 0.2) is 5.11 Å². The summed E-state index contributed by atoms with van der Waals surface area (Å²) >= 11 is 11.2. The third-order valence-corrected chi connectivity index (χ3v) is 3.58. The molecule has 0 radical (unpaired) electrons. The zero-order chi connectivity index (χ0) is 16.1. The lowest BCUT2D eigenvalue weighted by molar-refractivity contribution is 0.0697. The average Bonchev–Trinajstić information content (AvgIpc) is 2.50. The largest absolute Gasteiger partial charge is 0.478 e. The second-order valence-corrected chi connectivity index (χ2v) is 5.31. The van der Waals surface area contributed by atoms with E-state index in [-0.39, 0.29) is 5.56 Å². The fraction of sp³-hybridized carbons (Fsp3) is 0.0667. The first-order chi connectivity index (χ1) is 10.5. The Morgan fingerprint density at radius 3 is 2.50 bits per heavy atom. The number of carbonyl (C=O) groups is 1. The molecule has 0 aliphatic rings. The lowest BCUT2D eigenvalue weighted by atomic mass is 10.2. The Bertz CT molecular complexity index is 704. The molecular weight excluding hydrogens is 322 g/mol. The highest BCUT2D eigenvalue weighted by molar-refractivity contribution is 7.80. The number of carboxylic acid groups (broad SMARTS) is 1. The molecule has 0 aliphatic carbocycles. The number of hydrogen-bond acceptors (Lipinski definition) is 3. The minimum absolute atomic E-state index is 0.223. The van der Waals surface area contributed by atoms with Crippen molar-refractivity contribution in [1.29, 1.82) is 0 Å². The van der Waals surface area contributed by atoms with E-state index in [4.69, 9.17) is 28.9 Å². The first-order valence-electron chi connectivity index (χ1n) is 6.39. The highest BCUT2D eigenvalue weighted by Crippen LogP contribution is 2.22. The van der Waals surface area contributed by atoms with Gasteiger partial charge in [-0.05, 0) is 61.1 Å². The topological polar surface area (TPSA) is 73.4 Å². The van der Waals surface area contributed by atoms with Crippen molar-refractivity contribution < 1.29 is 9.90 Å². The Labute approximate surface area is 138 Å². The molecule has 2 aromatic rings. The first kappa shape index (κ1) is 16.1. The van der Waals surface area contributed by atoms with Crippen molar-refractivity contribution in [3.05, 3.63) is 58.6 Å². The lowest BCUT2D eigenvalue weighted by Crippen LogP contribution is -2.33. The molecule has 0 spiro atoms. The molecule has 0 saturated carbocycles. The van der Waals surface area contributed by atoms with Gasteiger partial charge in [0, 0.05) is 10.7 Å². The molecule has 22 heavy (non-hydrogen) atoms. The fourth-order valence-corrected chi connectivity index (χ4v) is 2.06. The summed E-state index contributed by atoms with van der Waals surface area (Å²) < 4.78 is 0. The number of hydrazine groups is 1. The van der Waals surface area contributed by atoms with E-state index in [1.54, 1.807) is 18.2 Å². The SMILES string of the molecule is Cc1c(Cl)cccc1NC(=S)NNc1ccc(C(=O)O)cc1. The average molecular weight is 336 g/mol. The van der Waals surface area contributed by atoms with Crippen LogP contribution in [0, 0.1) is 6.92 Å². The molecule has 5 nitrogen and oxygen atoms in total. The van der Waals surface area contributed by atoms with Gasteiger partial charge < -0.3 is 10.4 Å². The van der Waals surface area contributed by atoms with Crippen LogP contribution < -0.4 is 16.2 Å². The quantitative estimate of drug-likeness (QED) is 0.505. The molecule has 0 amide bonds. The van der Waals surface area contributed by atoms with Crippen molar-refractivity contribution in [2.75, 3.05) is 10.7 Å². The third kappa shape index (κ3) is 4.09. The van der Waals surface area contributed by atoms with Gasteiger partial charge in [0.1, 0.15) is 0 Å². The normalized spacial score (nSPS) is 9.91. The maximum atomic E-state index is 10.8. The van der Waals surface area contributed by atoms with E-state index in [0.29, 0.717) is 15.8 Å². The second kappa shape index (κ2) is 7.11.